The highest BCUT2D eigenvalue weighted by molar-refractivity contribution is 6.00. The Morgan fingerprint density at radius 3 is 2.33 bits per heavy atom. The minimum atomic E-state index is -0.249. The Labute approximate surface area is 157 Å². The summed E-state index contributed by atoms with van der Waals surface area (Å²) in [6.07, 6.45) is 1.32. The molecule has 144 valence electrons. The maximum Gasteiger partial charge on any atom is 0.276 e. The number of amides is 2. The van der Waals surface area contributed by atoms with Crippen LogP contribution in [0.1, 0.15) is 39.4 Å². The molecule has 0 spiro atoms. The highest BCUT2D eigenvalue weighted by Gasteiger charge is 2.28. The quantitative estimate of drug-likeness (QED) is 0.862. The van der Waals surface area contributed by atoms with Gasteiger partial charge in [-0.15, -0.1) is 0 Å². The van der Waals surface area contributed by atoms with Gasteiger partial charge in [0.1, 0.15) is 22.8 Å². The number of nitrogens with zero attached hydrogens (tertiary/aromatic N) is 2. The van der Waals surface area contributed by atoms with Crippen LogP contribution in [-0.4, -0.2) is 55.2 Å². The number of hydrogen-bond donors (Lipinski definition) is 1. The third-order valence-corrected chi connectivity index (χ3v) is 4.62. The summed E-state index contributed by atoms with van der Waals surface area (Å²) in [4.78, 5) is 26.9. The Balaban J connectivity index is 1.61. The molecule has 3 rings (SSSR count). The van der Waals surface area contributed by atoms with Crippen molar-refractivity contribution >= 4 is 11.8 Å². The first-order valence-electron chi connectivity index (χ1n) is 8.78. The van der Waals surface area contributed by atoms with Crippen LogP contribution in [0.2, 0.25) is 0 Å². The van der Waals surface area contributed by atoms with Gasteiger partial charge in [-0.1, -0.05) is 11.2 Å². The Morgan fingerprint density at radius 2 is 1.81 bits per heavy atom. The minimum Gasteiger partial charge on any atom is -0.496 e. The van der Waals surface area contributed by atoms with Crippen LogP contribution >= 0.6 is 0 Å². The monoisotopic (exact) mass is 373 g/mol. The number of carbonyl (C=O) groups excluding carboxylic acids is 2. The second-order valence-corrected chi connectivity index (χ2v) is 6.40. The molecule has 0 unspecified atom stereocenters. The van der Waals surface area contributed by atoms with Crippen molar-refractivity contribution in [2.45, 2.75) is 25.8 Å². The third-order valence-electron chi connectivity index (χ3n) is 4.62. The van der Waals surface area contributed by atoms with E-state index < -0.39 is 0 Å². The number of likely N-dealkylation sites (tertiary alicyclic amines) is 1. The Bertz CT molecular complexity index is 802. The molecule has 1 aromatic carbocycles. The normalized spacial score (nSPS) is 14.7. The van der Waals surface area contributed by atoms with E-state index in [1.54, 1.807) is 36.1 Å². The molecule has 2 aromatic rings. The summed E-state index contributed by atoms with van der Waals surface area (Å²) in [6, 6.07) is 6.81. The summed E-state index contributed by atoms with van der Waals surface area (Å²) in [7, 11) is 3.03. The van der Waals surface area contributed by atoms with E-state index in [1.807, 2.05) is 0 Å². The molecule has 1 aliphatic rings. The van der Waals surface area contributed by atoms with Gasteiger partial charge in [-0.25, -0.2) is 0 Å². The molecule has 2 amide bonds. The fraction of sp³-hybridized carbons (Fsp3) is 0.421. The lowest BCUT2D eigenvalue weighted by atomic mass is 10.0. The lowest BCUT2D eigenvalue weighted by Crippen LogP contribution is -2.46. The van der Waals surface area contributed by atoms with Crippen molar-refractivity contribution < 1.29 is 23.6 Å². The molecule has 1 fully saturated rings. The zero-order chi connectivity index (χ0) is 19.4. The minimum absolute atomic E-state index is 0.0322. The highest BCUT2D eigenvalue weighted by Crippen LogP contribution is 2.28. The van der Waals surface area contributed by atoms with Crippen molar-refractivity contribution in [2.24, 2.45) is 0 Å². The second-order valence-electron chi connectivity index (χ2n) is 6.40. The lowest BCUT2D eigenvalue weighted by Gasteiger charge is -2.32. The number of methoxy groups -OCH3 is 2. The smallest absolute Gasteiger partial charge is 0.276 e. The number of aromatic nitrogens is 1. The van der Waals surface area contributed by atoms with Gasteiger partial charge in [0.2, 0.25) is 0 Å². The zero-order valence-corrected chi connectivity index (χ0v) is 15.7. The fourth-order valence-electron chi connectivity index (χ4n) is 3.19. The average molecular weight is 373 g/mol. The molecule has 2 heterocycles. The van der Waals surface area contributed by atoms with Gasteiger partial charge in [-0.2, -0.15) is 0 Å². The van der Waals surface area contributed by atoms with Gasteiger partial charge < -0.3 is 24.2 Å². The molecule has 1 N–H and O–H groups in total. The third kappa shape index (κ3) is 4.05. The number of nitrogens with one attached hydrogen (secondary N) is 1. The molecule has 0 saturated carbocycles. The molecule has 0 bridgehead atoms. The van der Waals surface area contributed by atoms with Crippen LogP contribution in [0.4, 0.5) is 0 Å². The van der Waals surface area contributed by atoms with Crippen LogP contribution in [0.5, 0.6) is 11.5 Å². The molecule has 1 aromatic heterocycles. The lowest BCUT2D eigenvalue weighted by molar-refractivity contribution is 0.0688. The number of rotatable bonds is 5. The Kier molecular flexibility index (Phi) is 5.63. The largest absolute Gasteiger partial charge is 0.496 e. The predicted octanol–water partition coefficient (Wildman–Crippen LogP) is 2.03. The van der Waals surface area contributed by atoms with Crippen molar-refractivity contribution in [1.29, 1.82) is 0 Å². The van der Waals surface area contributed by atoms with E-state index in [1.165, 1.54) is 14.2 Å². The summed E-state index contributed by atoms with van der Waals surface area (Å²) < 4.78 is 15.5. The van der Waals surface area contributed by atoms with Crippen molar-refractivity contribution in [2.75, 3.05) is 27.3 Å². The van der Waals surface area contributed by atoms with E-state index in [9.17, 15) is 9.59 Å². The molecule has 8 nitrogen and oxygen atoms in total. The van der Waals surface area contributed by atoms with Gasteiger partial charge in [0.15, 0.2) is 5.69 Å². The second kappa shape index (κ2) is 8.11. The molecule has 0 atom stereocenters. The SMILES string of the molecule is COc1cccc(OC)c1C(=O)NC1CCN(C(=O)c2cc(C)on2)CC1. The summed E-state index contributed by atoms with van der Waals surface area (Å²) in [6.45, 7) is 2.83. The van der Waals surface area contributed by atoms with Gasteiger partial charge in [0.05, 0.1) is 14.2 Å². The Morgan fingerprint density at radius 1 is 1.19 bits per heavy atom. The summed E-state index contributed by atoms with van der Waals surface area (Å²) in [5, 5.41) is 6.79. The van der Waals surface area contributed by atoms with Gasteiger partial charge in [-0.3, -0.25) is 9.59 Å². The van der Waals surface area contributed by atoms with Gasteiger partial charge >= 0.3 is 0 Å². The van der Waals surface area contributed by atoms with Gasteiger partial charge in [0, 0.05) is 25.2 Å². The molecule has 0 aliphatic carbocycles. The number of carbonyl (C=O) groups is 2. The first-order valence-corrected chi connectivity index (χ1v) is 8.78. The highest BCUT2D eigenvalue weighted by atomic mass is 16.5. The molecular weight excluding hydrogens is 350 g/mol. The predicted molar refractivity (Wildman–Crippen MR) is 97.2 cm³/mol. The number of aryl methyl sites for hydroxylation is 1. The van der Waals surface area contributed by atoms with Crippen LogP contribution in [0.3, 0.4) is 0 Å². The molecular formula is C19H23N3O5. The summed E-state index contributed by atoms with van der Waals surface area (Å²) >= 11 is 0. The van der Waals surface area contributed by atoms with E-state index in [2.05, 4.69) is 10.5 Å². The number of piperidine rings is 1. The van der Waals surface area contributed by atoms with E-state index in [0.717, 1.165) is 0 Å². The van der Waals surface area contributed by atoms with Crippen LogP contribution in [-0.2, 0) is 0 Å². The molecule has 0 radical (unpaired) electrons. The van der Waals surface area contributed by atoms with Crippen LogP contribution in [0, 0.1) is 6.92 Å². The van der Waals surface area contributed by atoms with E-state index in [-0.39, 0.29) is 17.9 Å². The van der Waals surface area contributed by atoms with Crippen molar-refractivity contribution in [3.63, 3.8) is 0 Å². The molecule has 1 aliphatic heterocycles. The van der Waals surface area contributed by atoms with Crippen molar-refractivity contribution in [3.05, 3.63) is 41.3 Å². The molecule has 8 heteroatoms. The number of benzene rings is 1. The van der Waals surface area contributed by atoms with Crippen molar-refractivity contribution in [1.82, 2.24) is 15.4 Å². The maximum absolute atomic E-state index is 12.7. The van der Waals surface area contributed by atoms with E-state index in [0.29, 0.717) is 54.4 Å². The van der Waals surface area contributed by atoms with E-state index in [4.69, 9.17) is 14.0 Å². The zero-order valence-electron chi connectivity index (χ0n) is 15.7. The standard InChI is InChI=1S/C19H23N3O5/c1-12-11-14(21-27-12)19(24)22-9-7-13(8-10-22)20-18(23)17-15(25-2)5-4-6-16(17)26-3/h4-6,11,13H,7-10H2,1-3H3,(H,20,23). The van der Waals surface area contributed by atoms with Gasteiger partial charge in [-0.05, 0) is 31.9 Å². The van der Waals surface area contributed by atoms with E-state index >= 15 is 0 Å². The first kappa shape index (κ1) is 18.8. The average Bonchev–Trinajstić information content (AvgIpc) is 3.13. The summed E-state index contributed by atoms with van der Waals surface area (Å²) in [5.74, 6) is 1.12. The van der Waals surface area contributed by atoms with Crippen molar-refractivity contribution in [3.8, 4) is 11.5 Å². The van der Waals surface area contributed by atoms with Crippen LogP contribution in [0.15, 0.2) is 28.8 Å². The Hall–Kier alpha value is -3.03. The topological polar surface area (TPSA) is 93.9 Å². The van der Waals surface area contributed by atoms with Gasteiger partial charge in [0.25, 0.3) is 11.8 Å². The maximum atomic E-state index is 12.7. The fourth-order valence-corrected chi connectivity index (χ4v) is 3.19. The number of hydrogen-bond acceptors (Lipinski definition) is 6. The van der Waals surface area contributed by atoms with Crippen LogP contribution < -0.4 is 14.8 Å². The molecule has 27 heavy (non-hydrogen) atoms. The molecule has 1 saturated heterocycles. The first-order chi connectivity index (χ1) is 13.0. The van der Waals surface area contributed by atoms with Crippen LogP contribution in [0.25, 0.3) is 0 Å². The summed E-state index contributed by atoms with van der Waals surface area (Å²) in [5.41, 5.74) is 0.688. The number of ether oxygens (including phenoxy) is 2.